The van der Waals surface area contributed by atoms with E-state index in [4.69, 9.17) is 21.3 Å². The summed E-state index contributed by atoms with van der Waals surface area (Å²) in [6, 6.07) is 9.16. The number of halogens is 8. The highest BCUT2D eigenvalue weighted by molar-refractivity contribution is 7.98. The number of hydrogen-bond acceptors (Lipinski definition) is 7. The van der Waals surface area contributed by atoms with E-state index >= 15 is 8.78 Å². The highest BCUT2D eigenvalue weighted by Crippen LogP contribution is 2.68. The highest BCUT2D eigenvalue weighted by Gasteiger charge is 2.68. The van der Waals surface area contributed by atoms with E-state index in [0.29, 0.717) is 38.5 Å². The normalized spacial score (nSPS) is 20.4. The number of pyridine rings is 1. The molecule has 304 valence electrons. The minimum atomic E-state index is -5.05. The Morgan fingerprint density at radius 2 is 1.81 bits per heavy atom. The summed E-state index contributed by atoms with van der Waals surface area (Å²) in [5.41, 5.74) is -2.44. The first-order chi connectivity index (χ1) is 27.1. The summed E-state index contributed by atoms with van der Waals surface area (Å²) in [6.07, 6.45) is -4.52. The number of carbonyl (C=O) groups is 1. The Morgan fingerprint density at radius 1 is 1.12 bits per heavy atom. The Hall–Kier alpha value is -4.76. The topological polar surface area (TPSA) is 112 Å². The number of ketones is 1. The Labute approximate surface area is 332 Å². The van der Waals surface area contributed by atoms with Crippen LogP contribution in [0.1, 0.15) is 64.3 Å². The summed E-state index contributed by atoms with van der Waals surface area (Å²) in [4.78, 5) is 18.9. The number of hydrogen-bond donors (Lipinski definition) is 1. The van der Waals surface area contributed by atoms with Crippen molar-refractivity contribution in [3.8, 4) is 23.0 Å². The van der Waals surface area contributed by atoms with Crippen LogP contribution in [0.4, 0.5) is 30.7 Å². The molecule has 8 rings (SSSR count). The molecule has 3 aromatic heterocycles. The van der Waals surface area contributed by atoms with Crippen LogP contribution in [-0.4, -0.2) is 70.6 Å². The fraction of sp³-hybridized carbons (Fsp3) is 0.375. The first-order valence-corrected chi connectivity index (χ1v) is 20.6. The fourth-order valence-electron chi connectivity index (χ4n) is 8.08. The first kappa shape index (κ1) is 40.0. The molecule has 18 heteroatoms. The predicted octanol–water partition coefficient (Wildman–Crippen LogP) is 6.94. The number of benzene rings is 2. The molecule has 4 atom stereocenters. The van der Waals surface area contributed by atoms with Crippen molar-refractivity contribution in [3.63, 3.8) is 0 Å². The summed E-state index contributed by atoms with van der Waals surface area (Å²) in [5.74, 6) is -0.514. The van der Waals surface area contributed by atoms with Gasteiger partial charge in [0.1, 0.15) is 29.6 Å². The van der Waals surface area contributed by atoms with E-state index in [0.717, 1.165) is 12.1 Å². The van der Waals surface area contributed by atoms with Crippen molar-refractivity contribution in [2.75, 3.05) is 19.5 Å². The average molecular weight is 848 g/mol. The van der Waals surface area contributed by atoms with Crippen LogP contribution in [0.5, 0.6) is 0 Å². The Balaban J connectivity index is 1.27. The average Bonchev–Trinajstić information content (AvgIpc) is 3.64. The number of fused-ring (bicyclic) bond motifs is 4. The van der Waals surface area contributed by atoms with Gasteiger partial charge in [-0.05, 0) is 76.0 Å². The van der Waals surface area contributed by atoms with Crippen LogP contribution in [0.25, 0.3) is 22.0 Å². The van der Waals surface area contributed by atoms with Crippen molar-refractivity contribution in [2.24, 2.45) is 13.0 Å². The van der Waals surface area contributed by atoms with E-state index in [1.54, 1.807) is 31.3 Å². The third-order valence-electron chi connectivity index (χ3n) is 10.6. The number of alkyl halides is 5. The molecule has 1 N–H and O–H groups in total. The molecule has 1 aliphatic heterocycles. The summed E-state index contributed by atoms with van der Waals surface area (Å²) in [6.45, 7) is -1.06. The minimum Gasteiger partial charge on any atom is -0.373 e. The summed E-state index contributed by atoms with van der Waals surface area (Å²) >= 11 is 6.70. The Morgan fingerprint density at radius 3 is 2.45 bits per heavy atom. The third kappa shape index (κ3) is 7.40. The second-order valence-corrected chi connectivity index (χ2v) is 18.4. The maximum Gasteiger partial charge on any atom is 0.435 e. The van der Waals surface area contributed by atoms with Crippen molar-refractivity contribution < 1.29 is 49.6 Å². The maximum absolute atomic E-state index is 15.4. The van der Waals surface area contributed by atoms with E-state index in [-0.39, 0.29) is 53.8 Å². The molecule has 2 fully saturated rings. The molecule has 1 unspecified atom stereocenters. The van der Waals surface area contributed by atoms with Gasteiger partial charge >= 0.3 is 6.18 Å². The molecule has 1 saturated heterocycles. The lowest BCUT2D eigenvalue weighted by Crippen LogP contribution is -2.48. The number of aliphatic hydroxyl groups is 1. The van der Waals surface area contributed by atoms with E-state index in [2.05, 4.69) is 27.9 Å². The third-order valence-corrected chi connectivity index (χ3v) is 11.8. The molecule has 3 aliphatic rings. The van der Waals surface area contributed by atoms with Gasteiger partial charge in [-0.2, -0.15) is 32.1 Å². The molecule has 58 heavy (non-hydrogen) atoms. The molecule has 4 heterocycles. The molecule has 5 aromatic rings. The second-order valence-electron chi connectivity index (χ2n) is 15.4. The number of aromatic nitrogens is 5. The molecular formula is C40H33ClF7N5O4S. The molecule has 2 aliphatic carbocycles. The van der Waals surface area contributed by atoms with Crippen molar-refractivity contribution in [1.82, 2.24) is 24.5 Å². The number of nitrogens with zero attached hydrogens (tertiary/aromatic N) is 5. The molecule has 0 spiro atoms. The zero-order valence-electron chi connectivity index (χ0n) is 30.8. The van der Waals surface area contributed by atoms with Gasteiger partial charge in [-0.25, -0.2) is 13.8 Å². The van der Waals surface area contributed by atoms with Gasteiger partial charge < -0.3 is 9.84 Å². The summed E-state index contributed by atoms with van der Waals surface area (Å²) in [5, 5.41) is 19.4. The fourth-order valence-corrected chi connectivity index (χ4v) is 9.12. The van der Waals surface area contributed by atoms with Gasteiger partial charge in [0.15, 0.2) is 17.1 Å². The minimum absolute atomic E-state index is 0.0181. The quantitative estimate of drug-likeness (QED) is 0.0922. The van der Waals surface area contributed by atoms with Crippen LogP contribution in [0, 0.1) is 29.4 Å². The number of aryl methyl sites for hydroxylation is 1. The number of ether oxygens (including phenoxy) is 1. The summed E-state index contributed by atoms with van der Waals surface area (Å²) < 4.78 is 122. The highest BCUT2D eigenvalue weighted by atomic mass is 35.5. The molecule has 1 saturated carbocycles. The van der Waals surface area contributed by atoms with Gasteiger partial charge in [-0.3, -0.25) is 18.4 Å². The molecular weight excluding hydrogens is 815 g/mol. The van der Waals surface area contributed by atoms with Crippen LogP contribution in [0.15, 0.2) is 42.5 Å². The lowest BCUT2D eigenvalue weighted by molar-refractivity contribution is -0.142. The van der Waals surface area contributed by atoms with Gasteiger partial charge in [0.05, 0.1) is 40.9 Å². The van der Waals surface area contributed by atoms with Crippen LogP contribution in [0.3, 0.4) is 0 Å². The molecule has 0 radical (unpaired) electrons. The molecule has 2 aromatic carbocycles. The van der Waals surface area contributed by atoms with Crippen LogP contribution in [0.2, 0.25) is 5.02 Å². The van der Waals surface area contributed by atoms with Crippen LogP contribution < -0.4 is 0 Å². The van der Waals surface area contributed by atoms with Crippen LogP contribution >= 0.6 is 11.6 Å². The van der Waals surface area contributed by atoms with Crippen molar-refractivity contribution >= 4 is 43.7 Å². The van der Waals surface area contributed by atoms with Crippen molar-refractivity contribution in [2.45, 2.75) is 61.1 Å². The van der Waals surface area contributed by atoms with E-state index in [9.17, 15) is 36.1 Å². The van der Waals surface area contributed by atoms with Crippen molar-refractivity contribution in [1.29, 1.82) is 0 Å². The Bertz CT molecular complexity index is 2690. The SMILES string of the molecule is C=S(C)(=O)Cc1nn(C)c2c(-c3ccc(C#CC4(O)COC4)nc3[C@@H](CC(=O)Cn3nc(C(F)(F)F)c4c3C(F)(F)[C@@H]3C[C@H]43)Cc3cc(F)cc(F)c3)ccc(Cl)c12. The van der Waals surface area contributed by atoms with E-state index in [1.165, 1.54) is 10.9 Å². The summed E-state index contributed by atoms with van der Waals surface area (Å²) in [7, 11) is -0.965. The standard InChI is InChI=1S/C40H33ClF7N5O4S/c1-52-35-27(6-7-30(41)33(35)31(50-52)17-58(2,3)56)26-5-4-24(8-9-38(55)18-57-19-38)49-34(26)21(10-20-11-22(42)14-23(43)12-20)13-25(54)16-53-37-32(36(51-53)40(46,47)48)28-15-29(28)39(37,44)45/h4-7,11-12,14,21,28-29,55H,2,10,13,15-19H2,1,3H3/t21-,28+,29-,58?/m1/s1. The monoisotopic (exact) mass is 847 g/mol. The number of Topliss-reactive ketones (excluding diaryl/α,β-unsaturated/α-hetero) is 1. The van der Waals surface area contributed by atoms with E-state index < -0.39 is 92.3 Å². The zero-order chi connectivity index (χ0) is 41.7. The molecule has 9 nitrogen and oxygen atoms in total. The molecule has 0 amide bonds. The largest absolute Gasteiger partial charge is 0.435 e. The van der Waals surface area contributed by atoms with Gasteiger partial charge in [0.2, 0.25) is 0 Å². The van der Waals surface area contributed by atoms with Gasteiger partial charge in [-0.15, -0.1) is 0 Å². The van der Waals surface area contributed by atoms with Gasteiger partial charge in [0.25, 0.3) is 5.92 Å². The van der Waals surface area contributed by atoms with Crippen molar-refractivity contribution in [3.05, 3.63) is 98.7 Å². The van der Waals surface area contributed by atoms with Gasteiger partial charge in [0, 0.05) is 59.7 Å². The second kappa shape index (κ2) is 13.9. The zero-order valence-corrected chi connectivity index (χ0v) is 32.3. The first-order valence-electron chi connectivity index (χ1n) is 17.9. The maximum atomic E-state index is 15.4. The van der Waals surface area contributed by atoms with Crippen LogP contribution in [-0.2, 0) is 56.9 Å². The molecule has 0 bridgehead atoms. The van der Waals surface area contributed by atoms with Gasteiger partial charge in [-0.1, -0.05) is 23.6 Å². The van der Waals surface area contributed by atoms with E-state index in [1.807, 2.05) is 0 Å². The number of rotatable bonds is 10. The predicted molar refractivity (Wildman–Crippen MR) is 201 cm³/mol. The number of carbonyl (C=O) groups excluding carboxylic acids is 1. The smallest absolute Gasteiger partial charge is 0.373 e. The lowest BCUT2D eigenvalue weighted by atomic mass is 9.86. The Kier molecular flexibility index (Phi) is 9.61. The lowest BCUT2D eigenvalue weighted by Gasteiger charge is -2.30.